The van der Waals surface area contributed by atoms with Crippen LogP contribution in [0.15, 0.2) is 24.3 Å². The van der Waals surface area contributed by atoms with Crippen LogP contribution < -0.4 is 5.32 Å². The van der Waals surface area contributed by atoms with Gasteiger partial charge < -0.3 is 30.5 Å². The van der Waals surface area contributed by atoms with Gasteiger partial charge in [-0.2, -0.15) is 0 Å². The van der Waals surface area contributed by atoms with Gasteiger partial charge in [0.2, 0.25) is 0 Å². The van der Waals surface area contributed by atoms with Gasteiger partial charge >= 0.3 is 0 Å². The number of hydrogen-bond acceptors (Lipinski definition) is 6. The number of carbonyl (C=O) groups is 1. The largest absolute Gasteiger partial charge is 0.394 e. The van der Waals surface area contributed by atoms with Gasteiger partial charge in [0, 0.05) is 9.13 Å². The highest BCUT2D eigenvalue weighted by atomic mass is 127. The lowest BCUT2D eigenvalue weighted by Gasteiger charge is -2.40. The summed E-state index contributed by atoms with van der Waals surface area (Å²) in [5, 5.41) is 40.9. The first-order chi connectivity index (χ1) is 9.93. The first-order valence-electron chi connectivity index (χ1n) is 6.31. The summed E-state index contributed by atoms with van der Waals surface area (Å²) in [4.78, 5) is 12.1. The monoisotopic (exact) mass is 409 g/mol. The molecule has 0 spiro atoms. The molecule has 5 N–H and O–H groups in total. The van der Waals surface area contributed by atoms with Crippen molar-refractivity contribution in [1.29, 1.82) is 0 Å². The molecule has 116 valence electrons. The number of benzene rings is 1. The Kier molecular flexibility index (Phi) is 5.52. The third-order valence-electron chi connectivity index (χ3n) is 3.30. The summed E-state index contributed by atoms with van der Waals surface area (Å²) < 4.78 is 5.93. The minimum Gasteiger partial charge on any atom is -0.394 e. The maximum absolute atomic E-state index is 12.1. The highest BCUT2D eigenvalue weighted by molar-refractivity contribution is 14.1. The maximum atomic E-state index is 12.1. The molecule has 5 unspecified atom stereocenters. The highest BCUT2D eigenvalue weighted by Gasteiger charge is 2.44. The van der Waals surface area contributed by atoms with Gasteiger partial charge in [-0.25, -0.2) is 0 Å². The van der Waals surface area contributed by atoms with E-state index in [2.05, 4.69) is 27.9 Å². The molecular weight excluding hydrogens is 393 g/mol. The second kappa shape index (κ2) is 6.99. The zero-order chi connectivity index (χ0) is 15.6. The Balaban J connectivity index is 2.07. The molecule has 0 radical (unpaired) electrons. The first-order valence-corrected chi connectivity index (χ1v) is 7.39. The van der Waals surface area contributed by atoms with Gasteiger partial charge in [-0.05, 0) is 46.9 Å². The summed E-state index contributed by atoms with van der Waals surface area (Å²) in [6.45, 7) is -0.549. The Morgan fingerprint density at radius 2 is 1.81 bits per heavy atom. The molecule has 1 heterocycles. The number of aliphatic hydroxyl groups excluding tert-OH is 4. The van der Waals surface area contributed by atoms with Gasteiger partial charge in [-0.15, -0.1) is 0 Å². The molecule has 1 aliphatic heterocycles. The molecule has 0 bridgehead atoms. The van der Waals surface area contributed by atoms with Gasteiger partial charge in [-0.1, -0.05) is 0 Å². The molecule has 1 amide bonds. The topological polar surface area (TPSA) is 119 Å². The number of ether oxygens (including phenoxy) is 1. The van der Waals surface area contributed by atoms with Gasteiger partial charge in [0.1, 0.15) is 24.4 Å². The molecule has 7 nitrogen and oxygen atoms in total. The average Bonchev–Trinajstić information content (AvgIpc) is 2.47. The molecule has 21 heavy (non-hydrogen) atoms. The van der Waals surface area contributed by atoms with E-state index in [-0.39, 0.29) is 0 Å². The number of nitrogens with one attached hydrogen (secondary N) is 1. The van der Waals surface area contributed by atoms with Crippen molar-refractivity contribution in [1.82, 2.24) is 5.32 Å². The van der Waals surface area contributed by atoms with Crippen LogP contribution in [0.2, 0.25) is 0 Å². The minimum atomic E-state index is -1.52. The van der Waals surface area contributed by atoms with Crippen LogP contribution in [0.1, 0.15) is 10.4 Å². The molecule has 0 saturated carbocycles. The third kappa shape index (κ3) is 3.71. The molecule has 2 rings (SSSR count). The summed E-state index contributed by atoms with van der Waals surface area (Å²) in [7, 11) is 0. The van der Waals surface area contributed by atoms with Gasteiger partial charge in [0.15, 0.2) is 6.29 Å². The van der Waals surface area contributed by atoms with Crippen molar-refractivity contribution in [2.24, 2.45) is 0 Å². The van der Waals surface area contributed by atoms with Crippen LogP contribution in [0.5, 0.6) is 0 Å². The smallest absolute Gasteiger partial charge is 0.251 e. The van der Waals surface area contributed by atoms with E-state index in [9.17, 15) is 20.1 Å². The molecule has 1 aliphatic rings. The summed E-state index contributed by atoms with van der Waals surface area (Å²) in [5.74, 6) is -0.507. The number of aliphatic hydroxyl groups is 4. The normalized spacial score (nSPS) is 32.7. The van der Waals surface area contributed by atoms with E-state index in [4.69, 9.17) is 9.84 Å². The van der Waals surface area contributed by atoms with Crippen LogP contribution in [0.25, 0.3) is 0 Å². The lowest BCUT2D eigenvalue weighted by atomic mass is 9.97. The van der Waals surface area contributed by atoms with E-state index >= 15 is 0 Å². The number of rotatable bonds is 3. The van der Waals surface area contributed by atoms with Crippen LogP contribution in [-0.4, -0.2) is 63.6 Å². The van der Waals surface area contributed by atoms with E-state index in [1.54, 1.807) is 24.3 Å². The van der Waals surface area contributed by atoms with E-state index in [0.29, 0.717) is 5.56 Å². The number of halogens is 1. The standard InChI is InChI=1S/C13H16INO6/c14-7-3-1-6(2-4-7)12(19)15-9-11(18)10(17)8(5-16)21-13(9)20/h1-4,8-11,13,16-18,20H,5H2,(H,15,19). The maximum Gasteiger partial charge on any atom is 0.251 e. The van der Waals surface area contributed by atoms with Crippen molar-refractivity contribution >= 4 is 28.5 Å². The number of carbonyl (C=O) groups excluding carboxylic acids is 1. The van der Waals surface area contributed by atoms with Crippen molar-refractivity contribution < 1.29 is 30.0 Å². The number of amides is 1. The van der Waals surface area contributed by atoms with Gasteiger partial charge in [-0.3, -0.25) is 4.79 Å². The Hall–Kier alpha value is -0.780. The fourth-order valence-corrected chi connectivity index (χ4v) is 2.45. The Morgan fingerprint density at radius 1 is 1.19 bits per heavy atom. The summed E-state index contributed by atoms with van der Waals surface area (Å²) in [5.41, 5.74) is 0.355. The summed E-state index contributed by atoms with van der Waals surface area (Å²) in [6, 6.07) is 5.51. The lowest BCUT2D eigenvalue weighted by Crippen LogP contribution is -2.64. The lowest BCUT2D eigenvalue weighted by molar-refractivity contribution is -0.252. The van der Waals surface area contributed by atoms with E-state index < -0.39 is 43.2 Å². The molecule has 1 saturated heterocycles. The highest BCUT2D eigenvalue weighted by Crippen LogP contribution is 2.20. The Bertz CT molecular complexity index is 496. The molecule has 1 aromatic carbocycles. The predicted molar refractivity (Wildman–Crippen MR) is 80.4 cm³/mol. The molecule has 0 aromatic heterocycles. The summed E-state index contributed by atoms with van der Waals surface area (Å²) in [6.07, 6.45) is -5.46. The van der Waals surface area contributed by atoms with E-state index in [1.807, 2.05) is 0 Å². The molecule has 8 heteroatoms. The molecular formula is C13H16INO6. The fourth-order valence-electron chi connectivity index (χ4n) is 2.09. The number of hydrogen-bond donors (Lipinski definition) is 5. The third-order valence-corrected chi connectivity index (χ3v) is 4.02. The Labute approximate surface area is 134 Å². The molecule has 5 atom stereocenters. The molecule has 1 fully saturated rings. The van der Waals surface area contributed by atoms with Crippen LogP contribution in [0.4, 0.5) is 0 Å². The Morgan fingerprint density at radius 3 is 2.38 bits per heavy atom. The molecule has 0 aliphatic carbocycles. The van der Waals surface area contributed by atoms with E-state index in [1.165, 1.54) is 0 Å². The summed E-state index contributed by atoms with van der Waals surface area (Å²) >= 11 is 2.10. The first kappa shape index (κ1) is 16.6. The average molecular weight is 409 g/mol. The molecule has 1 aromatic rings. The van der Waals surface area contributed by atoms with Crippen LogP contribution in [-0.2, 0) is 4.74 Å². The van der Waals surface area contributed by atoms with E-state index in [0.717, 1.165) is 3.57 Å². The van der Waals surface area contributed by atoms with Crippen molar-refractivity contribution in [2.75, 3.05) is 6.61 Å². The van der Waals surface area contributed by atoms with Crippen LogP contribution in [0.3, 0.4) is 0 Å². The second-order valence-corrected chi connectivity index (χ2v) is 5.98. The van der Waals surface area contributed by atoms with Gasteiger partial charge in [0.25, 0.3) is 5.91 Å². The minimum absolute atomic E-state index is 0.355. The van der Waals surface area contributed by atoms with Crippen molar-refractivity contribution in [3.05, 3.63) is 33.4 Å². The van der Waals surface area contributed by atoms with Gasteiger partial charge in [0.05, 0.1) is 6.61 Å². The van der Waals surface area contributed by atoms with Crippen molar-refractivity contribution in [3.63, 3.8) is 0 Å². The zero-order valence-corrected chi connectivity index (χ0v) is 13.0. The fraction of sp³-hybridized carbons (Fsp3) is 0.462. The SMILES string of the molecule is O=C(NC1C(O)OC(CO)C(O)C1O)c1ccc(I)cc1. The second-order valence-electron chi connectivity index (χ2n) is 4.73. The zero-order valence-electron chi connectivity index (χ0n) is 10.9. The van der Waals surface area contributed by atoms with Crippen molar-refractivity contribution in [3.8, 4) is 0 Å². The predicted octanol–water partition coefficient (Wildman–Crippen LogP) is -1.18. The quantitative estimate of drug-likeness (QED) is 0.401. The van der Waals surface area contributed by atoms with Crippen molar-refractivity contribution in [2.45, 2.75) is 30.6 Å². The van der Waals surface area contributed by atoms with Crippen LogP contribution >= 0.6 is 22.6 Å². The van der Waals surface area contributed by atoms with Crippen LogP contribution in [0, 0.1) is 3.57 Å².